The van der Waals surface area contributed by atoms with Crippen molar-refractivity contribution in [2.24, 2.45) is 0 Å². The van der Waals surface area contributed by atoms with Gasteiger partial charge in [-0.05, 0) is 79.4 Å². The van der Waals surface area contributed by atoms with Crippen LogP contribution in [0.25, 0.3) is 22.3 Å². The van der Waals surface area contributed by atoms with Gasteiger partial charge in [0.05, 0.1) is 0 Å². The first-order valence-corrected chi connectivity index (χ1v) is 15.1. The summed E-state index contributed by atoms with van der Waals surface area (Å²) in [6, 6.07) is 46.6. The summed E-state index contributed by atoms with van der Waals surface area (Å²) in [6.07, 6.45) is 0. The minimum atomic E-state index is -2.99. The molecule has 0 nitrogen and oxygen atoms in total. The van der Waals surface area contributed by atoms with E-state index in [1.807, 2.05) is 60.7 Å². The highest BCUT2D eigenvalue weighted by molar-refractivity contribution is 7.19. The van der Waals surface area contributed by atoms with Crippen LogP contribution in [0.3, 0.4) is 0 Å². The van der Waals surface area contributed by atoms with Gasteiger partial charge in [0.2, 0.25) is 0 Å². The Kier molecular flexibility index (Phi) is 6.93. The van der Waals surface area contributed by atoms with Crippen molar-refractivity contribution < 1.29 is 13.2 Å². The largest absolute Gasteiger partial charge is 0.207 e. The van der Waals surface area contributed by atoms with Gasteiger partial charge in [-0.15, -0.1) is 0 Å². The zero-order valence-corrected chi connectivity index (χ0v) is 22.6. The van der Waals surface area contributed by atoms with Crippen LogP contribution in [-0.2, 0) is 0 Å². The van der Waals surface area contributed by atoms with Gasteiger partial charge in [-0.3, -0.25) is 0 Å². The molecule has 6 aromatic rings. The molecule has 0 saturated heterocycles. The second-order valence-corrected chi connectivity index (χ2v) is 13.6. The van der Waals surface area contributed by atoms with Crippen molar-refractivity contribution in [3.05, 3.63) is 169 Å². The molecule has 0 spiro atoms. The number of benzene rings is 6. The molecule has 0 aliphatic heterocycles. The quantitative estimate of drug-likeness (QED) is 0.160. The Morgan fingerprint density at radius 2 is 0.700 bits per heavy atom. The second-order valence-electron chi connectivity index (χ2n) is 9.80. The van der Waals surface area contributed by atoms with Crippen molar-refractivity contribution in [3.8, 4) is 22.3 Å². The Labute approximate surface area is 233 Å². The average Bonchev–Trinajstić information content (AvgIpc) is 2.99. The summed E-state index contributed by atoms with van der Waals surface area (Å²) in [6.45, 7) is 0. The zero-order valence-electron chi connectivity index (χ0n) is 21.6. The van der Waals surface area contributed by atoms with Crippen LogP contribution in [0.1, 0.15) is 0 Å². The monoisotopic (exact) mass is 542 g/mol. The van der Waals surface area contributed by atoms with Gasteiger partial charge >= 0.3 is 0 Å². The fourth-order valence-electron chi connectivity index (χ4n) is 5.57. The molecule has 0 fully saturated rings. The Hall–Kier alpha value is -4.67. The first kappa shape index (κ1) is 25.6. The lowest BCUT2D eigenvalue weighted by molar-refractivity contribution is 0.628. The van der Waals surface area contributed by atoms with E-state index in [4.69, 9.17) is 0 Å². The molecule has 6 aromatic carbocycles. The third kappa shape index (κ3) is 4.78. The summed E-state index contributed by atoms with van der Waals surface area (Å²) < 4.78 is 42.7. The van der Waals surface area contributed by atoms with Crippen LogP contribution in [0.5, 0.6) is 0 Å². The van der Waals surface area contributed by atoms with E-state index in [1.54, 1.807) is 24.3 Å². The van der Waals surface area contributed by atoms with E-state index >= 15 is 0 Å². The molecule has 6 rings (SSSR count). The van der Waals surface area contributed by atoms with Crippen LogP contribution >= 0.6 is 0 Å². The molecular weight excluding hydrogens is 517 g/mol. The summed E-state index contributed by atoms with van der Waals surface area (Å²) >= 11 is 0. The second kappa shape index (κ2) is 10.8. The molecule has 40 heavy (non-hydrogen) atoms. The third-order valence-electron chi connectivity index (χ3n) is 7.42. The molecular formula is C36H25F3Si. The minimum Gasteiger partial charge on any atom is -0.207 e. The van der Waals surface area contributed by atoms with Crippen molar-refractivity contribution in [3.63, 3.8) is 0 Å². The van der Waals surface area contributed by atoms with Gasteiger partial charge < -0.3 is 0 Å². The summed E-state index contributed by atoms with van der Waals surface area (Å²) in [5, 5.41) is 4.17. The predicted molar refractivity (Wildman–Crippen MR) is 161 cm³/mol. The molecule has 0 unspecified atom stereocenters. The van der Waals surface area contributed by atoms with E-state index < -0.39 is 8.07 Å². The predicted octanol–water partition coefficient (Wildman–Crippen LogP) is 6.82. The first-order chi connectivity index (χ1) is 19.5. The molecule has 0 atom stereocenters. The molecule has 0 aromatic heterocycles. The molecule has 194 valence electrons. The van der Waals surface area contributed by atoms with Gasteiger partial charge in [0, 0.05) is 0 Å². The van der Waals surface area contributed by atoms with E-state index in [0.717, 1.165) is 43.0 Å². The van der Waals surface area contributed by atoms with Gasteiger partial charge in [0.25, 0.3) is 0 Å². The minimum absolute atomic E-state index is 0.285. The van der Waals surface area contributed by atoms with Crippen molar-refractivity contribution in [2.75, 3.05) is 0 Å². The lowest BCUT2D eigenvalue weighted by Crippen LogP contribution is -2.74. The standard InChI is InChI=1S/C36H25F3Si/c37-30-9-4-7-28(23-30)26-15-19-34(20-16-26)40(33-12-2-1-3-13-33,36-14-6-11-32(39)25-36)35-21-17-27(18-22-35)29-8-5-10-31(38)24-29/h1-25H. The molecule has 0 aliphatic carbocycles. The fraction of sp³-hybridized carbons (Fsp3) is 0. The first-order valence-electron chi connectivity index (χ1n) is 13.1. The van der Waals surface area contributed by atoms with Crippen molar-refractivity contribution in [1.82, 2.24) is 0 Å². The summed E-state index contributed by atoms with van der Waals surface area (Å²) in [4.78, 5) is 0. The molecule has 0 radical (unpaired) electrons. The van der Waals surface area contributed by atoms with Crippen molar-refractivity contribution in [1.29, 1.82) is 0 Å². The summed E-state index contributed by atoms with van der Waals surface area (Å²) in [5.41, 5.74) is 3.40. The highest BCUT2D eigenvalue weighted by Gasteiger charge is 2.41. The Bertz CT molecular complexity index is 1670. The number of hydrogen-bond acceptors (Lipinski definition) is 0. The number of hydrogen-bond donors (Lipinski definition) is 0. The SMILES string of the molecule is Fc1cccc(-c2ccc([Si](c3ccccc3)(c3ccc(-c4cccc(F)c4)cc3)c3cccc(F)c3)cc2)c1. The Morgan fingerprint density at radius 3 is 1.15 bits per heavy atom. The maximum Gasteiger partial charge on any atom is 0.179 e. The number of rotatable bonds is 6. The smallest absolute Gasteiger partial charge is 0.179 e. The van der Waals surface area contributed by atoms with Crippen LogP contribution in [0.4, 0.5) is 13.2 Å². The van der Waals surface area contributed by atoms with E-state index in [9.17, 15) is 13.2 Å². The Balaban J connectivity index is 1.58. The topological polar surface area (TPSA) is 0 Å². The van der Waals surface area contributed by atoms with E-state index in [0.29, 0.717) is 0 Å². The van der Waals surface area contributed by atoms with Gasteiger partial charge in [-0.1, -0.05) is 115 Å². The lowest BCUT2D eigenvalue weighted by Gasteiger charge is -2.34. The molecule has 4 heteroatoms. The van der Waals surface area contributed by atoms with Crippen LogP contribution < -0.4 is 20.7 Å². The normalized spacial score (nSPS) is 11.4. The van der Waals surface area contributed by atoms with Crippen LogP contribution in [0.2, 0.25) is 0 Å². The van der Waals surface area contributed by atoms with Gasteiger partial charge in [0.15, 0.2) is 8.07 Å². The fourth-order valence-corrected chi connectivity index (χ4v) is 10.3. The molecule has 0 amide bonds. The van der Waals surface area contributed by atoms with E-state index in [1.165, 1.54) is 30.3 Å². The number of halogens is 3. The van der Waals surface area contributed by atoms with Gasteiger partial charge in [-0.25, -0.2) is 13.2 Å². The lowest BCUT2D eigenvalue weighted by atomic mass is 10.1. The molecule has 0 heterocycles. The van der Waals surface area contributed by atoms with E-state index in [-0.39, 0.29) is 17.5 Å². The van der Waals surface area contributed by atoms with E-state index in [2.05, 4.69) is 36.4 Å². The zero-order chi connectivity index (χ0) is 27.5. The van der Waals surface area contributed by atoms with Gasteiger partial charge in [0.1, 0.15) is 17.5 Å². The highest BCUT2D eigenvalue weighted by atomic mass is 28.3. The molecule has 0 aliphatic rings. The maximum atomic E-state index is 14.8. The molecule has 0 saturated carbocycles. The maximum absolute atomic E-state index is 14.8. The van der Waals surface area contributed by atoms with Gasteiger partial charge in [-0.2, -0.15) is 0 Å². The molecule has 0 N–H and O–H groups in total. The molecule has 0 bridgehead atoms. The van der Waals surface area contributed by atoms with Crippen LogP contribution in [-0.4, -0.2) is 8.07 Å². The van der Waals surface area contributed by atoms with Crippen LogP contribution in [0, 0.1) is 17.5 Å². The average molecular weight is 543 g/mol. The Morgan fingerprint density at radius 1 is 0.300 bits per heavy atom. The summed E-state index contributed by atoms with van der Waals surface area (Å²) in [5.74, 6) is -0.862. The highest BCUT2D eigenvalue weighted by Crippen LogP contribution is 2.22. The van der Waals surface area contributed by atoms with Crippen molar-refractivity contribution >= 4 is 28.8 Å². The third-order valence-corrected chi connectivity index (χ3v) is 12.2. The van der Waals surface area contributed by atoms with Crippen molar-refractivity contribution in [2.45, 2.75) is 0 Å². The van der Waals surface area contributed by atoms with Crippen LogP contribution in [0.15, 0.2) is 152 Å². The summed E-state index contributed by atoms with van der Waals surface area (Å²) in [7, 11) is -2.99.